The molecule has 1 aliphatic rings. The van der Waals surface area contributed by atoms with Crippen molar-refractivity contribution >= 4 is 5.96 Å². The Bertz CT molecular complexity index is 541. The second-order valence-corrected chi connectivity index (χ2v) is 5.49. The van der Waals surface area contributed by atoms with Crippen LogP contribution >= 0.6 is 0 Å². The number of nitrogens with one attached hydrogen (secondary N) is 2. The molecule has 0 saturated carbocycles. The molecule has 0 amide bonds. The summed E-state index contributed by atoms with van der Waals surface area (Å²) in [6.07, 6.45) is 2.19. The van der Waals surface area contributed by atoms with E-state index < -0.39 is 0 Å². The van der Waals surface area contributed by atoms with Crippen LogP contribution in [0.3, 0.4) is 0 Å². The molecule has 0 spiro atoms. The zero-order valence-electron chi connectivity index (χ0n) is 12.6. The van der Waals surface area contributed by atoms with Crippen LogP contribution in [-0.2, 0) is 11.3 Å². The molecule has 0 bridgehead atoms. The fourth-order valence-corrected chi connectivity index (χ4v) is 2.40. The van der Waals surface area contributed by atoms with Crippen molar-refractivity contribution in [3.63, 3.8) is 0 Å². The maximum atomic E-state index is 8.90. The van der Waals surface area contributed by atoms with Crippen LogP contribution in [0.15, 0.2) is 29.3 Å². The topological polar surface area (TPSA) is 69.4 Å². The van der Waals surface area contributed by atoms with E-state index in [2.05, 4.69) is 28.6 Å². The van der Waals surface area contributed by atoms with E-state index in [9.17, 15) is 0 Å². The zero-order chi connectivity index (χ0) is 15.1. The lowest BCUT2D eigenvalue weighted by Crippen LogP contribution is -2.45. The maximum Gasteiger partial charge on any atom is 0.191 e. The van der Waals surface area contributed by atoms with Crippen LogP contribution in [0, 0.1) is 11.3 Å². The lowest BCUT2D eigenvalue weighted by Gasteiger charge is -2.24. The third-order valence-electron chi connectivity index (χ3n) is 3.67. The molecule has 5 nitrogen and oxygen atoms in total. The average molecular weight is 286 g/mol. The van der Waals surface area contributed by atoms with Gasteiger partial charge in [-0.15, -0.1) is 0 Å². The molecule has 0 aliphatic carbocycles. The summed E-state index contributed by atoms with van der Waals surface area (Å²) in [6, 6.07) is 9.70. The fraction of sp³-hybridized carbons (Fsp3) is 0.500. The third-order valence-corrected chi connectivity index (χ3v) is 3.67. The number of benzene rings is 1. The van der Waals surface area contributed by atoms with Gasteiger partial charge in [0.1, 0.15) is 0 Å². The molecule has 21 heavy (non-hydrogen) atoms. The van der Waals surface area contributed by atoms with E-state index in [0.717, 1.165) is 37.5 Å². The summed E-state index contributed by atoms with van der Waals surface area (Å²) < 4.78 is 5.75. The normalized spacial score (nSPS) is 21.9. The van der Waals surface area contributed by atoms with Gasteiger partial charge >= 0.3 is 0 Å². The number of ether oxygens (including phenoxy) is 1. The van der Waals surface area contributed by atoms with E-state index in [0.29, 0.717) is 12.1 Å². The maximum absolute atomic E-state index is 8.90. The van der Waals surface area contributed by atoms with Crippen molar-refractivity contribution in [2.75, 3.05) is 20.2 Å². The van der Waals surface area contributed by atoms with E-state index in [4.69, 9.17) is 10.00 Å². The predicted octanol–water partition coefficient (Wildman–Crippen LogP) is 1.79. The Hall–Kier alpha value is -2.06. The second kappa shape index (κ2) is 7.09. The largest absolute Gasteiger partial charge is 0.373 e. The van der Waals surface area contributed by atoms with Crippen LogP contribution in [0.25, 0.3) is 0 Å². The van der Waals surface area contributed by atoms with Gasteiger partial charge in [0.25, 0.3) is 0 Å². The molecule has 5 heteroatoms. The van der Waals surface area contributed by atoms with Gasteiger partial charge < -0.3 is 15.4 Å². The molecule has 2 rings (SSSR count). The van der Waals surface area contributed by atoms with Crippen molar-refractivity contribution in [1.29, 1.82) is 5.26 Å². The molecule has 112 valence electrons. The first-order chi connectivity index (χ1) is 10.1. The van der Waals surface area contributed by atoms with Gasteiger partial charge in [0, 0.05) is 26.7 Å². The SMILES string of the molecule is CN=C(NCc1cccc(C#N)c1)NCC1(C)CCCO1. The molecule has 1 fully saturated rings. The van der Waals surface area contributed by atoms with Crippen molar-refractivity contribution in [2.45, 2.75) is 31.9 Å². The number of nitrogens with zero attached hydrogens (tertiary/aromatic N) is 2. The highest BCUT2D eigenvalue weighted by Crippen LogP contribution is 2.23. The first-order valence-electron chi connectivity index (χ1n) is 7.23. The van der Waals surface area contributed by atoms with Crippen LogP contribution in [-0.4, -0.2) is 31.8 Å². The van der Waals surface area contributed by atoms with Gasteiger partial charge in [0.15, 0.2) is 5.96 Å². The molecular weight excluding hydrogens is 264 g/mol. The number of aliphatic imine (C=N–C) groups is 1. The fourth-order valence-electron chi connectivity index (χ4n) is 2.40. The lowest BCUT2D eigenvalue weighted by atomic mass is 10.0. The standard InChI is InChI=1S/C16H22N4O/c1-16(7-4-8-21-16)12-20-15(18-2)19-11-14-6-3-5-13(9-14)10-17/h3,5-6,9H,4,7-8,11-12H2,1-2H3,(H2,18,19,20). The smallest absolute Gasteiger partial charge is 0.191 e. The molecule has 1 unspecified atom stereocenters. The van der Waals surface area contributed by atoms with Crippen LogP contribution in [0.1, 0.15) is 30.9 Å². The van der Waals surface area contributed by atoms with Crippen molar-refractivity contribution < 1.29 is 4.74 Å². The number of hydrogen-bond acceptors (Lipinski definition) is 3. The first-order valence-corrected chi connectivity index (χ1v) is 7.23. The minimum Gasteiger partial charge on any atom is -0.373 e. The predicted molar refractivity (Wildman–Crippen MR) is 82.9 cm³/mol. The Balaban J connectivity index is 1.84. The Morgan fingerprint density at radius 1 is 1.48 bits per heavy atom. The summed E-state index contributed by atoms with van der Waals surface area (Å²) >= 11 is 0. The van der Waals surface area contributed by atoms with Crippen LogP contribution in [0.2, 0.25) is 0 Å². The number of rotatable bonds is 4. The van der Waals surface area contributed by atoms with Crippen LogP contribution in [0.4, 0.5) is 0 Å². The summed E-state index contributed by atoms with van der Waals surface area (Å²) in [5, 5.41) is 15.5. The zero-order valence-corrected chi connectivity index (χ0v) is 12.6. The van der Waals surface area contributed by atoms with E-state index in [-0.39, 0.29) is 5.60 Å². The molecule has 1 aliphatic heterocycles. The third kappa shape index (κ3) is 4.47. The Morgan fingerprint density at radius 2 is 2.33 bits per heavy atom. The average Bonchev–Trinajstić information content (AvgIpc) is 2.95. The van der Waals surface area contributed by atoms with Gasteiger partial charge in [-0.2, -0.15) is 5.26 Å². The minimum atomic E-state index is -0.0989. The Morgan fingerprint density at radius 3 is 3.00 bits per heavy atom. The number of hydrogen-bond donors (Lipinski definition) is 2. The molecule has 1 aromatic carbocycles. The lowest BCUT2D eigenvalue weighted by molar-refractivity contribution is 0.0243. The molecular formula is C16H22N4O. The van der Waals surface area contributed by atoms with Crippen molar-refractivity contribution in [3.8, 4) is 6.07 Å². The number of nitriles is 1. The highest BCUT2D eigenvalue weighted by atomic mass is 16.5. The van der Waals surface area contributed by atoms with Crippen molar-refractivity contribution in [2.24, 2.45) is 4.99 Å². The first kappa shape index (κ1) is 15.3. The van der Waals surface area contributed by atoms with Gasteiger partial charge in [-0.1, -0.05) is 12.1 Å². The summed E-state index contributed by atoms with van der Waals surface area (Å²) in [6.45, 7) is 4.33. The monoisotopic (exact) mass is 286 g/mol. The molecule has 1 saturated heterocycles. The minimum absolute atomic E-state index is 0.0989. The molecule has 1 atom stereocenters. The summed E-state index contributed by atoms with van der Waals surface area (Å²) in [4.78, 5) is 4.21. The van der Waals surface area contributed by atoms with Gasteiger partial charge in [-0.05, 0) is 37.5 Å². The quantitative estimate of drug-likeness (QED) is 0.654. The van der Waals surface area contributed by atoms with E-state index in [1.807, 2.05) is 18.2 Å². The van der Waals surface area contributed by atoms with E-state index in [1.165, 1.54) is 0 Å². The highest BCUT2D eigenvalue weighted by Gasteiger charge is 2.29. The van der Waals surface area contributed by atoms with Gasteiger partial charge in [-0.3, -0.25) is 4.99 Å². The van der Waals surface area contributed by atoms with Crippen molar-refractivity contribution in [3.05, 3.63) is 35.4 Å². The van der Waals surface area contributed by atoms with Crippen LogP contribution < -0.4 is 10.6 Å². The Labute approximate surface area is 126 Å². The van der Waals surface area contributed by atoms with Crippen molar-refractivity contribution in [1.82, 2.24) is 10.6 Å². The van der Waals surface area contributed by atoms with Gasteiger partial charge in [0.2, 0.25) is 0 Å². The number of guanidine groups is 1. The summed E-state index contributed by atoms with van der Waals surface area (Å²) in [7, 11) is 1.75. The second-order valence-electron chi connectivity index (χ2n) is 5.49. The Kier molecular flexibility index (Phi) is 5.18. The van der Waals surface area contributed by atoms with Gasteiger partial charge in [0.05, 0.1) is 17.2 Å². The molecule has 0 aromatic heterocycles. The molecule has 2 N–H and O–H groups in total. The summed E-state index contributed by atoms with van der Waals surface area (Å²) in [5.74, 6) is 0.745. The molecule has 0 radical (unpaired) electrons. The summed E-state index contributed by atoms with van der Waals surface area (Å²) in [5.41, 5.74) is 1.63. The van der Waals surface area contributed by atoms with Crippen LogP contribution in [0.5, 0.6) is 0 Å². The van der Waals surface area contributed by atoms with Gasteiger partial charge in [-0.25, -0.2) is 0 Å². The van der Waals surface area contributed by atoms with E-state index >= 15 is 0 Å². The van der Waals surface area contributed by atoms with E-state index in [1.54, 1.807) is 13.1 Å². The highest BCUT2D eigenvalue weighted by molar-refractivity contribution is 5.79. The molecule has 1 aromatic rings. The molecule has 1 heterocycles.